The standard InChI is InChI=1S/C11H12Cl2FNO3S/c1-2-19(17,18)11(13,10(15)16)6-7-3-4-8(14)5-9(7)12/h3-5H,2,6H2,1H3,(H2,15,16). The first-order valence-corrected chi connectivity index (χ1v) is 7.70. The van der Waals surface area contributed by atoms with Crippen LogP contribution in [0.15, 0.2) is 18.2 Å². The summed E-state index contributed by atoms with van der Waals surface area (Å²) in [6.45, 7) is 1.35. The van der Waals surface area contributed by atoms with Gasteiger partial charge in [-0.05, 0) is 17.7 Å². The summed E-state index contributed by atoms with van der Waals surface area (Å²) in [5.74, 6) is -2.11. The van der Waals surface area contributed by atoms with Gasteiger partial charge in [0.05, 0.1) is 0 Å². The molecule has 0 aliphatic rings. The number of alkyl halides is 1. The molecule has 0 aliphatic heterocycles. The highest BCUT2D eigenvalue weighted by Crippen LogP contribution is 2.31. The maximum absolute atomic E-state index is 12.9. The number of amides is 1. The molecule has 8 heteroatoms. The largest absolute Gasteiger partial charge is 0.367 e. The van der Waals surface area contributed by atoms with Gasteiger partial charge in [0, 0.05) is 17.2 Å². The van der Waals surface area contributed by atoms with E-state index in [0.29, 0.717) is 0 Å². The first-order chi connectivity index (χ1) is 8.64. The monoisotopic (exact) mass is 327 g/mol. The molecule has 1 aromatic rings. The minimum Gasteiger partial charge on any atom is -0.367 e. The summed E-state index contributed by atoms with van der Waals surface area (Å²) < 4.78 is 34.4. The summed E-state index contributed by atoms with van der Waals surface area (Å²) in [7, 11) is -3.95. The van der Waals surface area contributed by atoms with Gasteiger partial charge in [0.2, 0.25) is 4.21 Å². The molecule has 0 saturated carbocycles. The topological polar surface area (TPSA) is 77.2 Å². The zero-order valence-electron chi connectivity index (χ0n) is 9.99. The molecule has 1 unspecified atom stereocenters. The average Bonchev–Trinajstić information content (AvgIpc) is 2.32. The maximum atomic E-state index is 12.9. The van der Waals surface area contributed by atoms with Crippen LogP contribution in [-0.4, -0.2) is 24.3 Å². The second kappa shape index (κ2) is 5.64. The molecular weight excluding hydrogens is 316 g/mol. The minimum absolute atomic E-state index is 0.0161. The number of benzene rings is 1. The van der Waals surface area contributed by atoms with Crippen LogP contribution in [0.2, 0.25) is 5.02 Å². The van der Waals surface area contributed by atoms with Crippen LogP contribution < -0.4 is 5.73 Å². The molecule has 1 atom stereocenters. The lowest BCUT2D eigenvalue weighted by Gasteiger charge is -2.23. The van der Waals surface area contributed by atoms with Gasteiger partial charge in [0.15, 0.2) is 9.84 Å². The average molecular weight is 328 g/mol. The Labute approximate surface area is 120 Å². The third kappa shape index (κ3) is 3.19. The summed E-state index contributed by atoms with van der Waals surface area (Å²) in [5.41, 5.74) is 5.32. The number of hydrogen-bond donors (Lipinski definition) is 1. The van der Waals surface area contributed by atoms with Crippen LogP contribution in [0.5, 0.6) is 0 Å². The molecule has 1 rings (SSSR count). The zero-order valence-corrected chi connectivity index (χ0v) is 12.3. The Morgan fingerprint density at radius 3 is 2.47 bits per heavy atom. The van der Waals surface area contributed by atoms with Crippen LogP contribution in [0.25, 0.3) is 0 Å². The van der Waals surface area contributed by atoms with Crippen molar-refractivity contribution in [3.05, 3.63) is 34.6 Å². The van der Waals surface area contributed by atoms with E-state index in [1.54, 1.807) is 0 Å². The van der Waals surface area contributed by atoms with E-state index >= 15 is 0 Å². The van der Waals surface area contributed by atoms with Crippen molar-refractivity contribution >= 4 is 38.9 Å². The highest BCUT2D eigenvalue weighted by Gasteiger charge is 2.47. The number of sulfone groups is 1. The van der Waals surface area contributed by atoms with Gasteiger partial charge in [0.1, 0.15) is 5.82 Å². The van der Waals surface area contributed by atoms with Crippen LogP contribution in [0.3, 0.4) is 0 Å². The van der Waals surface area contributed by atoms with E-state index in [1.807, 2.05) is 0 Å². The lowest BCUT2D eigenvalue weighted by molar-refractivity contribution is -0.118. The van der Waals surface area contributed by atoms with Crippen molar-refractivity contribution in [1.29, 1.82) is 0 Å². The minimum atomic E-state index is -3.95. The van der Waals surface area contributed by atoms with Gasteiger partial charge in [-0.1, -0.05) is 36.2 Å². The molecule has 2 N–H and O–H groups in total. The van der Waals surface area contributed by atoms with E-state index in [0.717, 1.165) is 12.1 Å². The molecule has 0 fully saturated rings. The van der Waals surface area contributed by atoms with E-state index in [2.05, 4.69) is 0 Å². The number of nitrogens with two attached hydrogens (primary N) is 1. The van der Waals surface area contributed by atoms with Crippen molar-refractivity contribution in [1.82, 2.24) is 0 Å². The Bertz CT molecular complexity index is 606. The summed E-state index contributed by atoms with van der Waals surface area (Å²) in [4.78, 5) is 11.4. The lowest BCUT2D eigenvalue weighted by Crippen LogP contribution is -2.48. The van der Waals surface area contributed by atoms with E-state index in [-0.39, 0.29) is 16.3 Å². The van der Waals surface area contributed by atoms with Gasteiger partial charge in [0.25, 0.3) is 5.91 Å². The van der Waals surface area contributed by atoms with Crippen molar-refractivity contribution in [2.45, 2.75) is 17.6 Å². The molecule has 1 aromatic carbocycles. The van der Waals surface area contributed by atoms with Gasteiger partial charge < -0.3 is 5.73 Å². The Kier molecular flexibility index (Phi) is 4.81. The van der Waals surface area contributed by atoms with Crippen LogP contribution in [0.4, 0.5) is 4.39 Å². The highest BCUT2D eigenvalue weighted by molar-refractivity contribution is 7.95. The van der Waals surface area contributed by atoms with Crippen LogP contribution >= 0.6 is 23.2 Å². The second-order valence-corrected chi connectivity index (χ2v) is 7.69. The van der Waals surface area contributed by atoms with Crippen molar-refractivity contribution in [3.63, 3.8) is 0 Å². The van der Waals surface area contributed by atoms with Crippen molar-refractivity contribution in [3.8, 4) is 0 Å². The third-order valence-electron chi connectivity index (χ3n) is 2.67. The maximum Gasteiger partial charge on any atom is 0.254 e. The van der Waals surface area contributed by atoms with E-state index in [1.165, 1.54) is 13.0 Å². The first kappa shape index (κ1) is 16.2. The summed E-state index contributed by atoms with van der Waals surface area (Å²) >= 11 is 11.7. The molecule has 0 bridgehead atoms. The SMILES string of the molecule is CCS(=O)(=O)C(Cl)(Cc1ccc(F)cc1Cl)C(N)=O. The molecule has 106 valence electrons. The number of hydrogen-bond acceptors (Lipinski definition) is 3. The molecule has 0 aromatic heterocycles. The van der Waals surface area contributed by atoms with E-state index < -0.39 is 32.2 Å². The summed E-state index contributed by atoms with van der Waals surface area (Å²) in [6.07, 6.45) is -0.417. The van der Waals surface area contributed by atoms with E-state index in [9.17, 15) is 17.6 Å². The molecule has 0 spiro atoms. The Hall–Kier alpha value is -0.850. The Balaban J connectivity index is 3.28. The van der Waals surface area contributed by atoms with Gasteiger partial charge in [-0.2, -0.15) is 0 Å². The van der Waals surface area contributed by atoms with Gasteiger partial charge >= 0.3 is 0 Å². The number of carbonyl (C=O) groups excluding carboxylic acids is 1. The predicted octanol–water partition coefficient (Wildman–Crippen LogP) is 1.88. The highest BCUT2D eigenvalue weighted by atomic mass is 35.5. The number of primary amides is 1. The van der Waals surface area contributed by atoms with Crippen molar-refractivity contribution < 1.29 is 17.6 Å². The van der Waals surface area contributed by atoms with Crippen LogP contribution in [0.1, 0.15) is 12.5 Å². The van der Waals surface area contributed by atoms with Gasteiger partial charge in [-0.25, -0.2) is 12.8 Å². The second-order valence-electron chi connectivity index (χ2n) is 3.91. The molecule has 19 heavy (non-hydrogen) atoms. The predicted molar refractivity (Wildman–Crippen MR) is 72.4 cm³/mol. The van der Waals surface area contributed by atoms with Crippen molar-refractivity contribution in [2.24, 2.45) is 5.73 Å². The quantitative estimate of drug-likeness (QED) is 0.839. The molecule has 4 nitrogen and oxygen atoms in total. The fourth-order valence-electron chi connectivity index (χ4n) is 1.49. The molecule has 0 heterocycles. The van der Waals surface area contributed by atoms with Gasteiger partial charge in [-0.15, -0.1) is 0 Å². The number of carbonyl (C=O) groups is 1. The number of rotatable bonds is 5. The lowest BCUT2D eigenvalue weighted by atomic mass is 10.1. The fourth-order valence-corrected chi connectivity index (χ4v) is 3.33. The van der Waals surface area contributed by atoms with Gasteiger partial charge in [-0.3, -0.25) is 4.79 Å². The fraction of sp³-hybridized carbons (Fsp3) is 0.364. The molecule has 0 radical (unpaired) electrons. The molecule has 0 aliphatic carbocycles. The zero-order chi connectivity index (χ0) is 14.8. The summed E-state index contributed by atoms with van der Waals surface area (Å²) in [6, 6.07) is 3.37. The first-order valence-electron chi connectivity index (χ1n) is 5.29. The van der Waals surface area contributed by atoms with Crippen LogP contribution in [0, 0.1) is 5.82 Å². The normalized spacial score (nSPS) is 14.9. The third-order valence-corrected chi connectivity index (χ3v) is 6.14. The Morgan fingerprint density at radius 1 is 1.47 bits per heavy atom. The smallest absolute Gasteiger partial charge is 0.254 e. The molecular formula is C11H12Cl2FNO3S. The van der Waals surface area contributed by atoms with E-state index in [4.69, 9.17) is 28.9 Å². The molecule has 1 amide bonds. The van der Waals surface area contributed by atoms with Crippen molar-refractivity contribution in [2.75, 3.05) is 5.75 Å². The number of halogens is 3. The Morgan fingerprint density at radius 2 is 2.05 bits per heavy atom. The van der Waals surface area contributed by atoms with Crippen LogP contribution in [-0.2, 0) is 21.1 Å². The summed E-state index contributed by atoms with van der Waals surface area (Å²) in [5, 5.41) is -0.0161. The molecule has 0 saturated heterocycles.